The summed E-state index contributed by atoms with van der Waals surface area (Å²) in [6.07, 6.45) is 3.41. The molecule has 0 saturated carbocycles. The van der Waals surface area contributed by atoms with Crippen LogP contribution in [0.15, 0.2) is 60.9 Å². The number of benzene rings is 1. The van der Waals surface area contributed by atoms with Crippen LogP contribution in [0.1, 0.15) is 16.1 Å². The molecule has 1 aromatic carbocycles. The Bertz CT molecular complexity index is 824. The maximum absolute atomic E-state index is 13.5. The molecule has 0 aliphatic carbocycles. The van der Waals surface area contributed by atoms with E-state index in [4.69, 9.17) is 0 Å². The van der Waals surface area contributed by atoms with Gasteiger partial charge in [0.15, 0.2) is 5.69 Å². The van der Waals surface area contributed by atoms with Crippen molar-refractivity contribution in [1.82, 2.24) is 15.2 Å². The van der Waals surface area contributed by atoms with Crippen molar-refractivity contribution in [2.75, 3.05) is 10.6 Å². The van der Waals surface area contributed by atoms with E-state index in [2.05, 4.69) is 25.8 Å². The molecule has 3 rings (SSSR count). The van der Waals surface area contributed by atoms with Gasteiger partial charge < -0.3 is 10.6 Å². The van der Waals surface area contributed by atoms with Gasteiger partial charge in [0.2, 0.25) is 0 Å². The SMILES string of the molecule is O=C(Nc1ccccc1F)c1ccc(NCc2ccncc2)nn1. The van der Waals surface area contributed by atoms with Gasteiger partial charge in [0, 0.05) is 18.9 Å². The van der Waals surface area contributed by atoms with E-state index in [0.717, 1.165) is 5.56 Å². The third-order valence-corrected chi connectivity index (χ3v) is 3.24. The van der Waals surface area contributed by atoms with Gasteiger partial charge in [-0.05, 0) is 42.0 Å². The summed E-state index contributed by atoms with van der Waals surface area (Å²) in [5.74, 6) is -0.489. The van der Waals surface area contributed by atoms with Crippen molar-refractivity contribution in [3.63, 3.8) is 0 Å². The summed E-state index contributed by atoms with van der Waals surface area (Å²) in [7, 11) is 0. The minimum Gasteiger partial charge on any atom is -0.365 e. The summed E-state index contributed by atoms with van der Waals surface area (Å²) in [4.78, 5) is 16.0. The van der Waals surface area contributed by atoms with Crippen molar-refractivity contribution in [2.24, 2.45) is 0 Å². The lowest BCUT2D eigenvalue weighted by atomic mass is 10.2. The van der Waals surface area contributed by atoms with Gasteiger partial charge >= 0.3 is 0 Å². The van der Waals surface area contributed by atoms with Crippen LogP contribution >= 0.6 is 0 Å². The minimum atomic E-state index is -0.520. The number of nitrogens with zero attached hydrogens (tertiary/aromatic N) is 3. The fourth-order valence-electron chi connectivity index (χ4n) is 1.99. The molecule has 0 atom stereocenters. The van der Waals surface area contributed by atoms with Crippen molar-refractivity contribution in [2.45, 2.75) is 6.54 Å². The first-order valence-electron chi connectivity index (χ1n) is 7.25. The Balaban J connectivity index is 1.61. The quantitative estimate of drug-likeness (QED) is 0.755. The number of aromatic nitrogens is 3. The number of anilines is 2. The summed E-state index contributed by atoms with van der Waals surface area (Å²) in [5.41, 5.74) is 1.25. The van der Waals surface area contributed by atoms with E-state index >= 15 is 0 Å². The molecular formula is C17H14FN5O. The predicted molar refractivity (Wildman–Crippen MR) is 87.9 cm³/mol. The molecule has 0 unspecified atom stereocenters. The molecule has 2 aromatic heterocycles. The summed E-state index contributed by atoms with van der Waals surface area (Å²) in [5, 5.41) is 13.4. The van der Waals surface area contributed by atoms with E-state index in [-0.39, 0.29) is 11.4 Å². The fraction of sp³-hybridized carbons (Fsp3) is 0.0588. The van der Waals surface area contributed by atoms with Gasteiger partial charge in [-0.3, -0.25) is 9.78 Å². The van der Waals surface area contributed by atoms with E-state index in [9.17, 15) is 9.18 Å². The highest BCUT2D eigenvalue weighted by Gasteiger charge is 2.11. The summed E-state index contributed by atoms with van der Waals surface area (Å²) < 4.78 is 13.5. The molecule has 2 heterocycles. The minimum absolute atomic E-state index is 0.101. The van der Waals surface area contributed by atoms with E-state index in [1.54, 1.807) is 30.6 Å². The Kier molecular flexibility index (Phi) is 4.71. The topological polar surface area (TPSA) is 79.8 Å². The number of amides is 1. The van der Waals surface area contributed by atoms with Crippen LogP contribution in [0, 0.1) is 5.82 Å². The van der Waals surface area contributed by atoms with Crippen LogP contribution in [-0.2, 0) is 6.54 Å². The highest BCUT2D eigenvalue weighted by atomic mass is 19.1. The van der Waals surface area contributed by atoms with Crippen molar-refractivity contribution in [1.29, 1.82) is 0 Å². The molecule has 7 heteroatoms. The average molecular weight is 323 g/mol. The molecule has 0 saturated heterocycles. The van der Waals surface area contributed by atoms with Crippen LogP contribution < -0.4 is 10.6 Å². The lowest BCUT2D eigenvalue weighted by molar-refractivity contribution is 0.102. The fourth-order valence-corrected chi connectivity index (χ4v) is 1.99. The third kappa shape index (κ3) is 3.89. The second-order valence-corrected chi connectivity index (χ2v) is 4.95. The molecule has 0 fully saturated rings. The normalized spacial score (nSPS) is 10.2. The predicted octanol–water partition coefficient (Wildman–Crippen LogP) is 2.88. The van der Waals surface area contributed by atoms with Gasteiger partial charge in [0.1, 0.15) is 11.6 Å². The molecule has 120 valence electrons. The van der Waals surface area contributed by atoms with Crippen molar-refractivity contribution >= 4 is 17.4 Å². The average Bonchev–Trinajstić information content (AvgIpc) is 2.63. The second-order valence-electron chi connectivity index (χ2n) is 4.95. The molecule has 0 bridgehead atoms. The highest BCUT2D eigenvalue weighted by molar-refractivity contribution is 6.02. The van der Waals surface area contributed by atoms with E-state index in [1.165, 1.54) is 18.2 Å². The summed E-state index contributed by atoms with van der Waals surface area (Å²) in [6, 6.07) is 12.9. The third-order valence-electron chi connectivity index (χ3n) is 3.24. The highest BCUT2D eigenvalue weighted by Crippen LogP contribution is 2.13. The van der Waals surface area contributed by atoms with Crippen LogP contribution in [0.5, 0.6) is 0 Å². The van der Waals surface area contributed by atoms with E-state index in [1.807, 2.05) is 12.1 Å². The molecule has 24 heavy (non-hydrogen) atoms. The van der Waals surface area contributed by atoms with E-state index in [0.29, 0.717) is 12.4 Å². The van der Waals surface area contributed by atoms with Gasteiger partial charge in [0.25, 0.3) is 5.91 Å². The van der Waals surface area contributed by atoms with Crippen LogP contribution in [0.4, 0.5) is 15.9 Å². The molecule has 2 N–H and O–H groups in total. The molecule has 3 aromatic rings. The number of carbonyl (C=O) groups is 1. The Hall–Kier alpha value is -3.35. The zero-order valence-corrected chi connectivity index (χ0v) is 12.6. The standard InChI is InChI=1S/C17H14FN5O/c18-13-3-1-2-4-14(13)21-17(24)15-5-6-16(23-22-15)20-11-12-7-9-19-10-8-12/h1-10H,11H2,(H,20,23)(H,21,24). The van der Waals surface area contributed by atoms with Crippen LogP contribution in [0.3, 0.4) is 0 Å². The first-order chi connectivity index (χ1) is 11.7. The van der Waals surface area contributed by atoms with Crippen molar-refractivity contribution in [3.05, 3.63) is 78.0 Å². The first kappa shape index (κ1) is 15.5. The molecule has 0 spiro atoms. The van der Waals surface area contributed by atoms with Crippen LogP contribution in [0.25, 0.3) is 0 Å². The summed E-state index contributed by atoms with van der Waals surface area (Å²) >= 11 is 0. The number of carbonyl (C=O) groups excluding carboxylic acids is 1. The lowest BCUT2D eigenvalue weighted by Gasteiger charge is -2.07. The maximum atomic E-state index is 13.5. The van der Waals surface area contributed by atoms with Gasteiger partial charge in [-0.25, -0.2) is 4.39 Å². The van der Waals surface area contributed by atoms with Crippen molar-refractivity contribution in [3.8, 4) is 0 Å². The Morgan fingerprint density at radius 3 is 2.50 bits per heavy atom. The van der Waals surface area contributed by atoms with Gasteiger partial charge in [0.05, 0.1) is 5.69 Å². The maximum Gasteiger partial charge on any atom is 0.276 e. The van der Waals surface area contributed by atoms with Gasteiger partial charge in [-0.1, -0.05) is 12.1 Å². The first-order valence-corrected chi connectivity index (χ1v) is 7.25. The molecule has 6 nitrogen and oxygen atoms in total. The molecule has 1 amide bonds. The zero-order valence-electron chi connectivity index (χ0n) is 12.6. The Morgan fingerprint density at radius 1 is 1.00 bits per heavy atom. The molecule has 0 radical (unpaired) electrons. The van der Waals surface area contributed by atoms with Gasteiger partial charge in [-0.2, -0.15) is 0 Å². The van der Waals surface area contributed by atoms with Crippen LogP contribution in [-0.4, -0.2) is 21.1 Å². The Morgan fingerprint density at radius 2 is 1.79 bits per heavy atom. The largest absolute Gasteiger partial charge is 0.365 e. The van der Waals surface area contributed by atoms with Crippen molar-refractivity contribution < 1.29 is 9.18 Å². The monoisotopic (exact) mass is 323 g/mol. The lowest BCUT2D eigenvalue weighted by Crippen LogP contribution is -2.15. The number of rotatable bonds is 5. The van der Waals surface area contributed by atoms with Crippen LogP contribution in [0.2, 0.25) is 0 Å². The van der Waals surface area contributed by atoms with E-state index < -0.39 is 11.7 Å². The molecule has 0 aliphatic heterocycles. The Labute approximate surface area is 137 Å². The smallest absolute Gasteiger partial charge is 0.276 e. The van der Waals surface area contributed by atoms with Gasteiger partial charge in [-0.15, -0.1) is 10.2 Å². The summed E-state index contributed by atoms with van der Waals surface area (Å²) in [6.45, 7) is 0.567. The second kappa shape index (κ2) is 7.28. The number of hydrogen-bond acceptors (Lipinski definition) is 5. The number of nitrogens with one attached hydrogen (secondary N) is 2. The molecular weight excluding hydrogens is 309 g/mol. The zero-order chi connectivity index (χ0) is 16.8. The number of hydrogen-bond donors (Lipinski definition) is 2. The molecule has 0 aliphatic rings. The number of para-hydroxylation sites is 1. The number of halogens is 1. The number of pyridine rings is 1.